The first-order valence-electron chi connectivity index (χ1n) is 3.05. The highest BCUT2D eigenvalue weighted by Gasteiger charge is 1.92. The minimum Gasteiger partial charge on any atom is -0.481 e. The number of nitrogens with zero attached hydrogens (tertiary/aromatic N) is 2. The Labute approximate surface area is 64.1 Å². The molecule has 0 fully saturated rings. The molecule has 0 spiro atoms. The minimum atomic E-state index is 0.502. The standard InChI is InChI=1S/C7H8N2O2/c1-11-7-4-2-3-6(9-7)5-8-10/h2-5,10H,1H3/b8-5+. The number of hydrogen-bond acceptors (Lipinski definition) is 4. The topological polar surface area (TPSA) is 54.7 Å². The number of rotatable bonds is 2. The van der Waals surface area contributed by atoms with Crippen molar-refractivity contribution in [2.75, 3.05) is 7.11 Å². The van der Waals surface area contributed by atoms with E-state index in [0.29, 0.717) is 11.6 Å². The summed E-state index contributed by atoms with van der Waals surface area (Å²) in [6.45, 7) is 0. The monoisotopic (exact) mass is 152 g/mol. The Hall–Kier alpha value is -1.58. The van der Waals surface area contributed by atoms with Crippen molar-refractivity contribution in [3.63, 3.8) is 0 Å². The highest BCUT2D eigenvalue weighted by Crippen LogP contribution is 2.04. The molecule has 0 aliphatic carbocycles. The van der Waals surface area contributed by atoms with E-state index in [0.717, 1.165) is 0 Å². The second kappa shape index (κ2) is 3.55. The molecule has 0 aliphatic heterocycles. The van der Waals surface area contributed by atoms with Crippen molar-refractivity contribution in [3.05, 3.63) is 23.9 Å². The normalized spacial score (nSPS) is 10.3. The van der Waals surface area contributed by atoms with E-state index in [1.807, 2.05) is 0 Å². The van der Waals surface area contributed by atoms with Crippen LogP contribution in [-0.2, 0) is 0 Å². The fourth-order valence-corrected chi connectivity index (χ4v) is 0.676. The lowest BCUT2D eigenvalue weighted by Gasteiger charge is -1.96. The zero-order valence-corrected chi connectivity index (χ0v) is 6.06. The van der Waals surface area contributed by atoms with Crippen LogP contribution in [0.15, 0.2) is 23.4 Å². The second-order valence-electron chi connectivity index (χ2n) is 1.85. The molecule has 0 aliphatic rings. The molecule has 1 rings (SSSR count). The third-order valence-corrected chi connectivity index (χ3v) is 1.14. The predicted molar refractivity (Wildman–Crippen MR) is 40.2 cm³/mol. The van der Waals surface area contributed by atoms with Gasteiger partial charge in [0.15, 0.2) is 0 Å². The molecule has 0 unspecified atom stereocenters. The lowest BCUT2D eigenvalue weighted by atomic mass is 10.4. The molecule has 4 heteroatoms. The molecule has 1 heterocycles. The Balaban J connectivity index is 2.91. The Kier molecular flexibility index (Phi) is 2.43. The minimum absolute atomic E-state index is 0.502. The van der Waals surface area contributed by atoms with Gasteiger partial charge in [0.2, 0.25) is 5.88 Å². The van der Waals surface area contributed by atoms with Crippen molar-refractivity contribution < 1.29 is 9.94 Å². The van der Waals surface area contributed by atoms with Gasteiger partial charge >= 0.3 is 0 Å². The summed E-state index contributed by atoms with van der Waals surface area (Å²) in [7, 11) is 1.53. The van der Waals surface area contributed by atoms with Gasteiger partial charge in [-0.25, -0.2) is 4.98 Å². The molecule has 4 nitrogen and oxygen atoms in total. The maximum absolute atomic E-state index is 8.17. The first kappa shape index (κ1) is 7.53. The van der Waals surface area contributed by atoms with E-state index in [9.17, 15) is 0 Å². The average molecular weight is 152 g/mol. The van der Waals surface area contributed by atoms with Gasteiger partial charge in [0.1, 0.15) is 0 Å². The van der Waals surface area contributed by atoms with Crippen molar-refractivity contribution in [1.82, 2.24) is 4.98 Å². The largest absolute Gasteiger partial charge is 0.481 e. The molecule has 1 N–H and O–H groups in total. The average Bonchev–Trinajstić information content (AvgIpc) is 2.06. The first-order valence-corrected chi connectivity index (χ1v) is 3.05. The van der Waals surface area contributed by atoms with Crippen LogP contribution in [0.4, 0.5) is 0 Å². The van der Waals surface area contributed by atoms with Crippen LogP contribution in [0.1, 0.15) is 5.69 Å². The van der Waals surface area contributed by atoms with Crippen LogP contribution in [0, 0.1) is 0 Å². The van der Waals surface area contributed by atoms with Crippen LogP contribution < -0.4 is 4.74 Å². The second-order valence-corrected chi connectivity index (χ2v) is 1.85. The summed E-state index contributed by atoms with van der Waals surface area (Å²) in [5.41, 5.74) is 0.562. The molecule has 0 atom stereocenters. The zero-order chi connectivity index (χ0) is 8.10. The smallest absolute Gasteiger partial charge is 0.213 e. The van der Waals surface area contributed by atoms with Crippen LogP contribution in [0.25, 0.3) is 0 Å². The third kappa shape index (κ3) is 1.93. The van der Waals surface area contributed by atoms with Crippen molar-refractivity contribution in [2.24, 2.45) is 5.16 Å². The summed E-state index contributed by atoms with van der Waals surface area (Å²) < 4.78 is 4.85. The maximum atomic E-state index is 8.17. The quantitative estimate of drug-likeness (QED) is 0.389. The fourth-order valence-electron chi connectivity index (χ4n) is 0.676. The van der Waals surface area contributed by atoms with Crippen molar-refractivity contribution >= 4 is 6.21 Å². The van der Waals surface area contributed by atoms with Crippen LogP contribution in [0.3, 0.4) is 0 Å². The van der Waals surface area contributed by atoms with E-state index in [4.69, 9.17) is 9.94 Å². The number of ether oxygens (including phenoxy) is 1. The molecule has 0 amide bonds. The van der Waals surface area contributed by atoms with Crippen LogP contribution >= 0.6 is 0 Å². The van der Waals surface area contributed by atoms with E-state index in [1.54, 1.807) is 18.2 Å². The molecule has 1 aromatic heterocycles. The summed E-state index contributed by atoms with van der Waals surface area (Å²) in [4.78, 5) is 3.95. The van der Waals surface area contributed by atoms with Crippen molar-refractivity contribution in [3.8, 4) is 5.88 Å². The number of pyridine rings is 1. The number of hydrogen-bond donors (Lipinski definition) is 1. The van der Waals surface area contributed by atoms with E-state index in [-0.39, 0.29) is 0 Å². The van der Waals surface area contributed by atoms with Gasteiger partial charge in [0.05, 0.1) is 19.0 Å². The molecule has 0 saturated heterocycles. The Morgan fingerprint density at radius 2 is 2.45 bits per heavy atom. The Morgan fingerprint density at radius 1 is 1.64 bits per heavy atom. The Morgan fingerprint density at radius 3 is 3.09 bits per heavy atom. The number of oxime groups is 1. The highest BCUT2D eigenvalue weighted by atomic mass is 16.5. The predicted octanol–water partition coefficient (Wildman–Crippen LogP) is 0.898. The first-order chi connectivity index (χ1) is 5.36. The molecule has 0 aromatic carbocycles. The summed E-state index contributed by atoms with van der Waals surface area (Å²) >= 11 is 0. The summed E-state index contributed by atoms with van der Waals surface area (Å²) in [5, 5.41) is 11.0. The van der Waals surface area contributed by atoms with Crippen LogP contribution in [0.5, 0.6) is 5.88 Å². The van der Waals surface area contributed by atoms with Gasteiger partial charge < -0.3 is 9.94 Å². The van der Waals surface area contributed by atoms with Gasteiger partial charge in [-0.2, -0.15) is 0 Å². The Bertz CT molecular complexity index is 260. The van der Waals surface area contributed by atoms with Gasteiger partial charge in [-0.05, 0) is 6.07 Å². The number of aromatic nitrogens is 1. The third-order valence-electron chi connectivity index (χ3n) is 1.14. The van der Waals surface area contributed by atoms with E-state index in [1.165, 1.54) is 13.3 Å². The molecule has 0 bridgehead atoms. The summed E-state index contributed by atoms with van der Waals surface area (Å²) in [5.74, 6) is 0.502. The van der Waals surface area contributed by atoms with Crippen LogP contribution in [-0.4, -0.2) is 23.5 Å². The van der Waals surface area contributed by atoms with E-state index in [2.05, 4.69) is 10.1 Å². The van der Waals surface area contributed by atoms with E-state index < -0.39 is 0 Å². The molecule has 0 saturated carbocycles. The summed E-state index contributed by atoms with van der Waals surface area (Å²) in [6, 6.07) is 5.19. The van der Waals surface area contributed by atoms with Crippen molar-refractivity contribution in [1.29, 1.82) is 0 Å². The fraction of sp³-hybridized carbons (Fsp3) is 0.143. The van der Waals surface area contributed by atoms with Gasteiger partial charge in [-0.3, -0.25) is 0 Å². The highest BCUT2D eigenvalue weighted by molar-refractivity contribution is 5.76. The molecular weight excluding hydrogens is 144 g/mol. The van der Waals surface area contributed by atoms with Gasteiger partial charge in [0.25, 0.3) is 0 Å². The van der Waals surface area contributed by atoms with E-state index >= 15 is 0 Å². The van der Waals surface area contributed by atoms with Crippen LogP contribution in [0.2, 0.25) is 0 Å². The number of methoxy groups -OCH3 is 1. The van der Waals surface area contributed by atoms with Gasteiger partial charge in [-0.15, -0.1) is 0 Å². The molecule has 1 aromatic rings. The molecular formula is C7H8N2O2. The van der Waals surface area contributed by atoms with Crippen molar-refractivity contribution in [2.45, 2.75) is 0 Å². The molecule has 11 heavy (non-hydrogen) atoms. The molecule has 0 radical (unpaired) electrons. The zero-order valence-electron chi connectivity index (χ0n) is 6.06. The lowest BCUT2D eigenvalue weighted by Crippen LogP contribution is -1.91. The molecule has 58 valence electrons. The maximum Gasteiger partial charge on any atom is 0.213 e. The van der Waals surface area contributed by atoms with Gasteiger partial charge in [0, 0.05) is 6.07 Å². The lowest BCUT2D eigenvalue weighted by molar-refractivity contribution is 0.321. The SMILES string of the molecule is COc1cccc(/C=N/O)n1. The van der Waals surface area contributed by atoms with Gasteiger partial charge in [-0.1, -0.05) is 11.2 Å². The summed E-state index contributed by atoms with van der Waals surface area (Å²) in [6.07, 6.45) is 1.24.